The first kappa shape index (κ1) is 15.3. The van der Waals surface area contributed by atoms with E-state index in [1.165, 1.54) is 18.5 Å². The molecular weight excluding hydrogens is 356 g/mol. The van der Waals surface area contributed by atoms with Crippen molar-refractivity contribution in [1.29, 1.82) is 5.26 Å². The third-order valence-electron chi connectivity index (χ3n) is 2.69. The van der Waals surface area contributed by atoms with Crippen molar-refractivity contribution in [2.24, 2.45) is 0 Å². The average molecular weight is 367 g/mol. The monoisotopic (exact) mass is 366 g/mol. The summed E-state index contributed by atoms with van der Waals surface area (Å²) >= 11 is 3.24. The maximum atomic E-state index is 12.4. The lowest BCUT2D eigenvalue weighted by Crippen LogP contribution is -2.15. The minimum atomic E-state index is -3.84. The second-order valence-electron chi connectivity index (χ2n) is 4.03. The van der Waals surface area contributed by atoms with E-state index in [1.807, 2.05) is 6.07 Å². The number of aromatic nitrogens is 1. The van der Waals surface area contributed by atoms with Crippen molar-refractivity contribution in [3.05, 3.63) is 46.7 Å². The number of anilines is 2. The summed E-state index contributed by atoms with van der Waals surface area (Å²) in [5, 5.41) is 11.9. The molecule has 0 amide bonds. The summed E-state index contributed by atoms with van der Waals surface area (Å²) in [5.74, 6) is 0. The van der Waals surface area contributed by atoms with Crippen LogP contribution in [0.1, 0.15) is 5.56 Å². The van der Waals surface area contributed by atoms with Crippen molar-refractivity contribution in [2.45, 2.75) is 4.90 Å². The van der Waals surface area contributed by atoms with Gasteiger partial charge in [-0.2, -0.15) is 5.26 Å². The summed E-state index contributed by atoms with van der Waals surface area (Å²) in [4.78, 5) is 3.84. The number of nitrogens with zero attached hydrogens (tertiary/aromatic N) is 2. The first-order valence-electron chi connectivity index (χ1n) is 5.82. The average Bonchev–Trinajstić information content (AvgIpc) is 2.48. The Kier molecular flexibility index (Phi) is 4.45. The highest BCUT2D eigenvalue weighted by Gasteiger charge is 2.20. The molecule has 0 spiro atoms. The Morgan fingerprint density at radius 3 is 2.71 bits per heavy atom. The van der Waals surface area contributed by atoms with E-state index in [1.54, 1.807) is 25.2 Å². The minimum absolute atomic E-state index is 0.0132. The van der Waals surface area contributed by atoms with Crippen LogP contribution in [0.15, 0.2) is 46.0 Å². The van der Waals surface area contributed by atoms with Gasteiger partial charge in [0.15, 0.2) is 0 Å². The van der Waals surface area contributed by atoms with Crippen molar-refractivity contribution in [1.82, 2.24) is 4.98 Å². The predicted molar refractivity (Wildman–Crippen MR) is 83.4 cm³/mol. The highest BCUT2D eigenvalue weighted by Crippen LogP contribution is 2.25. The Balaban J connectivity index is 2.46. The van der Waals surface area contributed by atoms with Crippen LogP contribution < -0.4 is 10.0 Å². The highest BCUT2D eigenvalue weighted by molar-refractivity contribution is 9.10. The molecule has 0 saturated carbocycles. The Hall–Kier alpha value is -2.11. The second-order valence-corrected chi connectivity index (χ2v) is 6.60. The minimum Gasteiger partial charge on any atom is -0.387 e. The van der Waals surface area contributed by atoms with Gasteiger partial charge in [-0.3, -0.25) is 9.71 Å². The van der Waals surface area contributed by atoms with Crippen LogP contribution in [-0.4, -0.2) is 20.4 Å². The van der Waals surface area contributed by atoms with E-state index in [4.69, 9.17) is 5.26 Å². The molecule has 108 valence electrons. The van der Waals surface area contributed by atoms with Crippen LogP contribution in [-0.2, 0) is 10.0 Å². The number of halogens is 1. The lowest BCUT2D eigenvalue weighted by Gasteiger charge is -2.12. The van der Waals surface area contributed by atoms with E-state index in [0.717, 1.165) is 0 Å². The van der Waals surface area contributed by atoms with Crippen LogP contribution in [0.5, 0.6) is 0 Å². The zero-order valence-electron chi connectivity index (χ0n) is 11.0. The van der Waals surface area contributed by atoms with Crippen LogP contribution in [0.3, 0.4) is 0 Å². The molecule has 6 nitrogen and oxygen atoms in total. The molecule has 0 unspecified atom stereocenters. The SMILES string of the molecule is CNc1ccncc1S(=O)(=O)Nc1ccc(Br)cc1C#N. The number of pyridine rings is 1. The molecule has 0 radical (unpaired) electrons. The molecule has 0 atom stereocenters. The molecule has 2 rings (SSSR count). The summed E-state index contributed by atoms with van der Waals surface area (Å²) in [5.41, 5.74) is 0.863. The van der Waals surface area contributed by atoms with Gasteiger partial charge in [-0.05, 0) is 24.3 Å². The predicted octanol–water partition coefficient (Wildman–Crippen LogP) is 2.56. The fourth-order valence-corrected chi connectivity index (χ4v) is 3.30. The normalized spacial score (nSPS) is 10.7. The fraction of sp³-hybridized carbons (Fsp3) is 0.0769. The summed E-state index contributed by atoms with van der Waals surface area (Å²) in [6.45, 7) is 0. The van der Waals surface area contributed by atoms with Gasteiger partial charge in [0, 0.05) is 23.9 Å². The van der Waals surface area contributed by atoms with Gasteiger partial charge in [0.25, 0.3) is 10.0 Å². The van der Waals surface area contributed by atoms with Gasteiger partial charge in [-0.1, -0.05) is 15.9 Å². The molecule has 1 heterocycles. The topological polar surface area (TPSA) is 94.9 Å². The molecule has 1 aromatic carbocycles. The summed E-state index contributed by atoms with van der Waals surface area (Å²) in [6.07, 6.45) is 2.74. The second kappa shape index (κ2) is 6.11. The number of rotatable bonds is 4. The van der Waals surface area contributed by atoms with Gasteiger partial charge in [-0.25, -0.2) is 8.42 Å². The van der Waals surface area contributed by atoms with Crippen LogP contribution in [0.25, 0.3) is 0 Å². The van der Waals surface area contributed by atoms with E-state index >= 15 is 0 Å². The maximum absolute atomic E-state index is 12.4. The van der Waals surface area contributed by atoms with Gasteiger partial charge in [0.1, 0.15) is 11.0 Å². The first-order chi connectivity index (χ1) is 9.97. The first-order valence-corrected chi connectivity index (χ1v) is 8.10. The zero-order chi connectivity index (χ0) is 15.5. The van der Waals surface area contributed by atoms with Gasteiger partial charge in [0.2, 0.25) is 0 Å². The molecule has 2 N–H and O–H groups in total. The van der Waals surface area contributed by atoms with Gasteiger partial charge < -0.3 is 5.32 Å². The van der Waals surface area contributed by atoms with E-state index in [2.05, 4.69) is 31.0 Å². The molecule has 0 aliphatic rings. The van der Waals surface area contributed by atoms with Crippen molar-refractivity contribution < 1.29 is 8.42 Å². The fourth-order valence-electron chi connectivity index (χ4n) is 1.70. The molecular formula is C13H11BrN4O2S. The number of benzene rings is 1. The maximum Gasteiger partial charge on any atom is 0.265 e. The Morgan fingerprint density at radius 1 is 1.29 bits per heavy atom. The Labute approximate surface area is 131 Å². The van der Waals surface area contributed by atoms with Gasteiger partial charge in [-0.15, -0.1) is 0 Å². The lowest BCUT2D eigenvalue weighted by molar-refractivity contribution is 0.601. The molecule has 0 bridgehead atoms. The van der Waals surface area contributed by atoms with E-state index in [0.29, 0.717) is 10.2 Å². The number of hydrogen-bond acceptors (Lipinski definition) is 5. The summed E-state index contributed by atoms with van der Waals surface area (Å²) in [6, 6.07) is 8.23. The highest BCUT2D eigenvalue weighted by atomic mass is 79.9. The van der Waals surface area contributed by atoms with Gasteiger partial charge in [0.05, 0.1) is 16.9 Å². The van der Waals surface area contributed by atoms with Crippen LogP contribution in [0.4, 0.5) is 11.4 Å². The largest absolute Gasteiger partial charge is 0.387 e. The van der Waals surface area contributed by atoms with Crippen LogP contribution >= 0.6 is 15.9 Å². The van der Waals surface area contributed by atoms with Crippen molar-refractivity contribution in [2.75, 3.05) is 17.1 Å². The van der Waals surface area contributed by atoms with Crippen molar-refractivity contribution in [3.8, 4) is 6.07 Å². The number of nitriles is 1. The van der Waals surface area contributed by atoms with Gasteiger partial charge >= 0.3 is 0 Å². The third-order valence-corrected chi connectivity index (χ3v) is 4.58. The molecule has 0 fully saturated rings. The summed E-state index contributed by atoms with van der Waals surface area (Å²) < 4.78 is 27.9. The quantitative estimate of drug-likeness (QED) is 0.866. The van der Waals surface area contributed by atoms with E-state index < -0.39 is 10.0 Å². The summed E-state index contributed by atoms with van der Waals surface area (Å²) in [7, 11) is -2.22. The molecule has 0 aliphatic carbocycles. The van der Waals surface area contributed by atoms with Crippen molar-refractivity contribution >= 4 is 37.3 Å². The Bertz CT molecular complexity index is 815. The van der Waals surface area contributed by atoms with Crippen molar-refractivity contribution in [3.63, 3.8) is 0 Å². The Morgan fingerprint density at radius 2 is 2.05 bits per heavy atom. The number of hydrogen-bond donors (Lipinski definition) is 2. The van der Waals surface area contributed by atoms with Crippen LogP contribution in [0.2, 0.25) is 0 Å². The third kappa shape index (κ3) is 3.32. The molecule has 0 saturated heterocycles. The smallest absolute Gasteiger partial charge is 0.265 e. The zero-order valence-corrected chi connectivity index (χ0v) is 13.4. The molecule has 0 aliphatic heterocycles. The lowest BCUT2D eigenvalue weighted by atomic mass is 10.2. The molecule has 1 aromatic heterocycles. The molecule has 8 heteroatoms. The molecule has 2 aromatic rings. The molecule has 21 heavy (non-hydrogen) atoms. The van der Waals surface area contributed by atoms with Crippen LogP contribution in [0, 0.1) is 11.3 Å². The number of sulfonamides is 1. The number of nitrogens with one attached hydrogen (secondary N) is 2. The standard InChI is InChI=1S/C13H11BrN4O2S/c1-16-12-4-5-17-8-13(12)21(19,20)18-11-3-2-10(14)6-9(11)7-15/h2-6,8,18H,1H3,(H,16,17). The van der Waals surface area contributed by atoms with E-state index in [-0.39, 0.29) is 16.1 Å². The van der Waals surface area contributed by atoms with E-state index in [9.17, 15) is 8.42 Å².